The Balaban J connectivity index is 1.62. The van der Waals surface area contributed by atoms with Crippen molar-refractivity contribution in [3.63, 3.8) is 0 Å². The topological polar surface area (TPSA) is 83.0 Å². The predicted octanol–water partition coefficient (Wildman–Crippen LogP) is 3.07. The second-order valence-electron chi connectivity index (χ2n) is 6.24. The lowest BCUT2D eigenvalue weighted by atomic mass is 10.1. The van der Waals surface area contributed by atoms with E-state index in [1.165, 1.54) is 11.6 Å². The molecule has 2 aromatic carbocycles. The van der Waals surface area contributed by atoms with Crippen LogP contribution in [0.1, 0.15) is 16.8 Å². The first kappa shape index (κ1) is 16.1. The van der Waals surface area contributed by atoms with Crippen molar-refractivity contribution in [3.8, 4) is 11.6 Å². The SMILES string of the molecule is Cn1c(O)c(Cc2c[nH]c3c(OCc4ccccc4)cccc23)[nH]c1=O. The van der Waals surface area contributed by atoms with Crippen molar-refractivity contribution in [2.75, 3.05) is 0 Å². The molecule has 0 aliphatic rings. The number of aromatic nitrogens is 3. The minimum absolute atomic E-state index is 0.0409. The summed E-state index contributed by atoms with van der Waals surface area (Å²) in [6.45, 7) is 0.487. The van der Waals surface area contributed by atoms with E-state index in [2.05, 4.69) is 9.97 Å². The van der Waals surface area contributed by atoms with Gasteiger partial charge in [0.2, 0.25) is 5.88 Å². The van der Waals surface area contributed by atoms with Crippen LogP contribution < -0.4 is 10.4 Å². The first-order valence-electron chi connectivity index (χ1n) is 8.36. The van der Waals surface area contributed by atoms with Gasteiger partial charge in [-0.3, -0.25) is 4.57 Å². The maximum atomic E-state index is 11.6. The van der Waals surface area contributed by atoms with Gasteiger partial charge in [0.25, 0.3) is 0 Å². The van der Waals surface area contributed by atoms with Crippen LogP contribution in [0.4, 0.5) is 0 Å². The maximum Gasteiger partial charge on any atom is 0.328 e. The molecule has 0 amide bonds. The number of H-pyrrole nitrogens is 2. The summed E-state index contributed by atoms with van der Waals surface area (Å²) in [5.41, 5.74) is 3.14. The third-order valence-corrected chi connectivity index (χ3v) is 4.52. The number of rotatable bonds is 5. The molecule has 0 aliphatic carbocycles. The van der Waals surface area contributed by atoms with Gasteiger partial charge in [0.15, 0.2) is 0 Å². The fourth-order valence-corrected chi connectivity index (χ4v) is 3.07. The minimum atomic E-state index is -0.329. The molecule has 0 fully saturated rings. The number of imidazole rings is 1. The first-order chi connectivity index (χ1) is 12.6. The van der Waals surface area contributed by atoms with Crippen molar-refractivity contribution in [2.24, 2.45) is 7.05 Å². The van der Waals surface area contributed by atoms with Gasteiger partial charge in [-0.2, -0.15) is 0 Å². The molecule has 0 radical (unpaired) electrons. The number of hydrogen-bond acceptors (Lipinski definition) is 3. The molecule has 0 unspecified atom stereocenters. The van der Waals surface area contributed by atoms with E-state index in [4.69, 9.17) is 4.74 Å². The highest BCUT2D eigenvalue weighted by molar-refractivity contribution is 5.88. The monoisotopic (exact) mass is 349 g/mol. The largest absolute Gasteiger partial charge is 0.493 e. The number of benzene rings is 2. The molecule has 0 saturated heterocycles. The number of ether oxygens (including phenoxy) is 1. The van der Waals surface area contributed by atoms with Crippen LogP contribution in [-0.2, 0) is 20.1 Å². The number of aromatic hydroxyl groups is 1. The molecule has 2 heterocycles. The molecular formula is C20H19N3O3. The molecule has 2 aromatic heterocycles. The van der Waals surface area contributed by atoms with E-state index in [-0.39, 0.29) is 11.6 Å². The summed E-state index contributed by atoms with van der Waals surface area (Å²) in [5.74, 6) is 0.726. The Hall–Kier alpha value is -3.41. The Labute approximate surface area is 149 Å². The molecule has 6 nitrogen and oxygen atoms in total. The lowest BCUT2D eigenvalue weighted by Crippen LogP contribution is -2.11. The van der Waals surface area contributed by atoms with Crippen molar-refractivity contribution in [3.05, 3.63) is 82.0 Å². The summed E-state index contributed by atoms with van der Waals surface area (Å²) in [6, 6.07) is 15.8. The average molecular weight is 349 g/mol. The Morgan fingerprint density at radius 1 is 1.12 bits per heavy atom. The average Bonchev–Trinajstić information content (AvgIpc) is 3.18. The van der Waals surface area contributed by atoms with Gasteiger partial charge in [-0.1, -0.05) is 42.5 Å². The molecular weight excluding hydrogens is 330 g/mol. The summed E-state index contributed by atoms with van der Waals surface area (Å²) in [4.78, 5) is 17.6. The van der Waals surface area contributed by atoms with Gasteiger partial charge in [0.05, 0.1) is 11.2 Å². The Bertz CT molecular complexity index is 1110. The predicted molar refractivity (Wildman–Crippen MR) is 99.6 cm³/mol. The smallest absolute Gasteiger partial charge is 0.328 e. The number of fused-ring (bicyclic) bond motifs is 1. The van der Waals surface area contributed by atoms with Crippen LogP contribution in [0.15, 0.2) is 59.5 Å². The minimum Gasteiger partial charge on any atom is -0.493 e. The van der Waals surface area contributed by atoms with Crippen LogP contribution in [0.5, 0.6) is 11.6 Å². The van der Waals surface area contributed by atoms with Crippen LogP contribution in [-0.4, -0.2) is 19.6 Å². The van der Waals surface area contributed by atoms with Crippen LogP contribution in [0.25, 0.3) is 10.9 Å². The Morgan fingerprint density at radius 2 is 1.92 bits per heavy atom. The lowest BCUT2D eigenvalue weighted by molar-refractivity contribution is 0.309. The van der Waals surface area contributed by atoms with Gasteiger partial charge in [-0.15, -0.1) is 0 Å². The summed E-state index contributed by atoms with van der Waals surface area (Å²) in [5, 5.41) is 11.1. The Kier molecular flexibility index (Phi) is 4.01. The second-order valence-corrected chi connectivity index (χ2v) is 6.24. The molecule has 0 bridgehead atoms. The first-order valence-corrected chi connectivity index (χ1v) is 8.36. The number of aromatic amines is 2. The summed E-state index contributed by atoms with van der Waals surface area (Å²) < 4.78 is 7.17. The van der Waals surface area contributed by atoms with E-state index in [1.54, 1.807) is 0 Å². The van der Waals surface area contributed by atoms with Gasteiger partial charge < -0.3 is 19.8 Å². The summed E-state index contributed by atoms with van der Waals surface area (Å²) in [7, 11) is 1.53. The zero-order chi connectivity index (χ0) is 18.1. The summed E-state index contributed by atoms with van der Waals surface area (Å²) >= 11 is 0. The Morgan fingerprint density at radius 3 is 2.65 bits per heavy atom. The van der Waals surface area contributed by atoms with Crippen molar-refractivity contribution in [1.82, 2.24) is 14.5 Å². The molecule has 6 heteroatoms. The van der Waals surface area contributed by atoms with Gasteiger partial charge in [0.1, 0.15) is 12.4 Å². The molecule has 0 spiro atoms. The van der Waals surface area contributed by atoms with E-state index < -0.39 is 0 Å². The second kappa shape index (κ2) is 6.48. The van der Waals surface area contributed by atoms with E-state index in [9.17, 15) is 9.90 Å². The molecule has 26 heavy (non-hydrogen) atoms. The molecule has 132 valence electrons. The van der Waals surface area contributed by atoms with Crippen molar-refractivity contribution in [1.29, 1.82) is 0 Å². The highest BCUT2D eigenvalue weighted by atomic mass is 16.5. The van der Waals surface area contributed by atoms with Crippen LogP contribution in [0, 0.1) is 0 Å². The number of hydrogen-bond donors (Lipinski definition) is 3. The zero-order valence-electron chi connectivity index (χ0n) is 14.3. The van der Waals surface area contributed by atoms with E-state index in [0.29, 0.717) is 18.7 Å². The van der Waals surface area contributed by atoms with Crippen LogP contribution in [0.3, 0.4) is 0 Å². The van der Waals surface area contributed by atoms with Gasteiger partial charge >= 0.3 is 5.69 Å². The van der Waals surface area contributed by atoms with Gasteiger partial charge in [0, 0.05) is 25.1 Å². The van der Waals surface area contributed by atoms with E-state index in [1.807, 2.05) is 54.7 Å². The molecule has 0 saturated carbocycles. The van der Waals surface area contributed by atoms with Crippen LogP contribution in [0.2, 0.25) is 0 Å². The van der Waals surface area contributed by atoms with E-state index in [0.717, 1.165) is 27.8 Å². The third-order valence-electron chi connectivity index (χ3n) is 4.52. The van der Waals surface area contributed by atoms with Crippen LogP contribution >= 0.6 is 0 Å². The molecule has 4 aromatic rings. The standard InChI is InChI=1S/C20H19N3O3/c1-23-19(24)16(22-20(23)25)10-14-11-21-18-15(14)8-5-9-17(18)26-12-13-6-3-2-4-7-13/h2-9,11,21,24H,10,12H2,1H3,(H,22,25). The van der Waals surface area contributed by atoms with Crippen molar-refractivity contribution >= 4 is 10.9 Å². The molecule has 0 aliphatic heterocycles. The number of nitrogens with zero attached hydrogens (tertiary/aromatic N) is 1. The van der Waals surface area contributed by atoms with Crippen molar-refractivity contribution < 1.29 is 9.84 Å². The maximum absolute atomic E-state index is 11.6. The molecule has 3 N–H and O–H groups in total. The molecule has 4 rings (SSSR count). The quantitative estimate of drug-likeness (QED) is 0.518. The fourth-order valence-electron chi connectivity index (χ4n) is 3.07. The van der Waals surface area contributed by atoms with Gasteiger partial charge in [-0.05, 0) is 17.2 Å². The van der Waals surface area contributed by atoms with Crippen molar-refractivity contribution in [2.45, 2.75) is 13.0 Å². The van der Waals surface area contributed by atoms with E-state index >= 15 is 0 Å². The normalized spacial score (nSPS) is 11.1. The number of nitrogens with one attached hydrogen (secondary N) is 2. The summed E-state index contributed by atoms with van der Waals surface area (Å²) in [6.07, 6.45) is 2.30. The van der Waals surface area contributed by atoms with Gasteiger partial charge in [-0.25, -0.2) is 4.79 Å². The fraction of sp³-hybridized carbons (Fsp3) is 0.150. The third kappa shape index (κ3) is 2.86. The zero-order valence-corrected chi connectivity index (χ0v) is 14.3. The highest BCUT2D eigenvalue weighted by Crippen LogP contribution is 2.30. The number of para-hydroxylation sites is 1. The lowest BCUT2D eigenvalue weighted by Gasteiger charge is -2.07. The highest BCUT2D eigenvalue weighted by Gasteiger charge is 2.14. The molecule has 0 atom stereocenters.